The van der Waals surface area contributed by atoms with Crippen LogP contribution in [0.1, 0.15) is 34.2 Å². The number of nitrogens with zero attached hydrogens (tertiary/aromatic N) is 1. The van der Waals surface area contributed by atoms with E-state index in [1.54, 1.807) is 6.92 Å². The minimum atomic E-state index is -1.05. The van der Waals surface area contributed by atoms with E-state index in [0.29, 0.717) is 10.6 Å². The molecule has 0 spiro atoms. The highest BCUT2D eigenvalue weighted by atomic mass is 32.1. The van der Waals surface area contributed by atoms with Crippen molar-refractivity contribution in [2.24, 2.45) is 0 Å². The normalized spacial score (nSPS) is 12.2. The first-order chi connectivity index (χ1) is 7.45. The van der Waals surface area contributed by atoms with Gasteiger partial charge >= 0.3 is 5.97 Å². The summed E-state index contributed by atoms with van der Waals surface area (Å²) in [7, 11) is 0. The summed E-state index contributed by atoms with van der Waals surface area (Å²) in [6.07, 6.45) is 0.771. The molecule has 0 bridgehead atoms. The number of carboxylic acids is 1. The van der Waals surface area contributed by atoms with Crippen molar-refractivity contribution in [2.75, 3.05) is 0 Å². The monoisotopic (exact) mass is 242 g/mol. The summed E-state index contributed by atoms with van der Waals surface area (Å²) in [5.74, 6) is -1.42. The first-order valence-electron chi connectivity index (χ1n) is 4.95. The maximum Gasteiger partial charge on any atom is 0.325 e. The topological polar surface area (TPSA) is 79.3 Å². The molecule has 0 aliphatic carbocycles. The van der Waals surface area contributed by atoms with Crippen LogP contribution in [0.4, 0.5) is 0 Å². The van der Waals surface area contributed by atoms with Crippen LogP contribution in [-0.4, -0.2) is 28.0 Å². The second-order valence-corrected chi connectivity index (χ2v) is 4.49. The number of aliphatic carboxylic acids is 1. The number of hydrogen-bond acceptors (Lipinski definition) is 4. The molecule has 16 heavy (non-hydrogen) atoms. The molecule has 88 valence electrons. The predicted octanol–water partition coefficient (Wildman–Crippen LogP) is 1.22. The Kier molecular flexibility index (Phi) is 4.00. The molecule has 0 aliphatic rings. The molecular weight excluding hydrogens is 228 g/mol. The standard InChI is InChI=1S/C10H14N2O3S/c1-4-7-11-5(2)8(16-7)9(13)12-6(3)10(14)15/h6H,4H2,1-3H3,(H,12,13)(H,14,15). The Hall–Kier alpha value is -1.43. The van der Waals surface area contributed by atoms with Crippen molar-refractivity contribution in [3.05, 3.63) is 15.6 Å². The third-order valence-corrected chi connectivity index (χ3v) is 3.37. The van der Waals surface area contributed by atoms with Crippen LogP contribution in [0.3, 0.4) is 0 Å². The largest absolute Gasteiger partial charge is 0.480 e. The van der Waals surface area contributed by atoms with E-state index in [-0.39, 0.29) is 5.91 Å². The van der Waals surface area contributed by atoms with Gasteiger partial charge in [-0.3, -0.25) is 9.59 Å². The molecule has 0 saturated heterocycles. The number of aromatic nitrogens is 1. The summed E-state index contributed by atoms with van der Waals surface area (Å²) >= 11 is 1.31. The van der Waals surface area contributed by atoms with Crippen molar-refractivity contribution in [1.29, 1.82) is 0 Å². The van der Waals surface area contributed by atoms with Crippen molar-refractivity contribution >= 4 is 23.2 Å². The molecule has 0 aromatic carbocycles. The lowest BCUT2D eigenvalue weighted by atomic mass is 10.3. The minimum Gasteiger partial charge on any atom is -0.480 e. The maximum absolute atomic E-state index is 11.7. The van der Waals surface area contributed by atoms with E-state index in [9.17, 15) is 9.59 Å². The van der Waals surface area contributed by atoms with Crippen LogP contribution in [0.2, 0.25) is 0 Å². The number of amides is 1. The number of hydrogen-bond donors (Lipinski definition) is 2. The highest BCUT2D eigenvalue weighted by Gasteiger charge is 2.19. The highest BCUT2D eigenvalue weighted by Crippen LogP contribution is 2.18. The average molecular weight is 242 g/mol. The van der Waals surface area contributed by atoms with E-state index < -0.39 is 12.0 Å². The fraction of sp³-hybridized carbons (Fsp3) is 0.500. The van der Waals surface area contributed by atoms with Crippen molar-refractivity contribution in [3.8, 4) is 0 Å². The molecule has 1 aromatic heterocycles. The number of thiazole rings is 1. The molecule has 1 unspecified atom stereocenters. The van der Waals surface area contributed by atoms with Gasteiger partial charge in [0.25, 0.3) is 5.91 Å². The maximum atomic E-state index is 11.7. The van der Waals surface area contributed by atoms with Gasteiger partial charge in [0.15, 0.2) is 0 Å². The summed E-state index contributed by atoms with van der Waals surface area (Å²) < 4.78 is 0. The van der Waals surface area contributed by atoms with Gasteiger partial charge in [0.05, 0.1) is 10.7 Å². The lowest BCUT2D eigenvalue weighted by Gasteiger charge is -2.07. The summed E-state index contributed by atoms with van der Waals surface area (Å²) in [6.45, 7) is 5.13. The average Bonchev–Trinajstić information content (AvgIpc) is 2.59. The van der Waals surface area contributed by atoms with Gasteiger partial charge in [0.1, 0.15) is 10.9 Å². The van der Waals surface area contributed by atoms with E-state index in [1.165, 1.54) is 18.3 Å². The van der Waals surface area contributed by atoms with Crippen molar-refractivity contribution in [2.45, 2.75) is 33.2 Å². The smallest absolute Gasteiger partial charge is 0.325 e. The Bertz CT molecular complexity index is 414. The Morgan fingerprint density at radius 2 is 2.19 bits per heavy atom. The molecule has 5 nitrogen and oxygen atoms in total. The zero-order valence-corrected chi connectivity index (χ0v) is 10.2. The van der Waals surface area contributed by atoms with E-state index >= 15 is 0 Å². The van der Waals surface area contributed by atoms with E-state index in [2.05, 4.69) is 10.3 Å². The zero-order valence-electron chi connectivity index (χ0n) is 9.40. The minimum absolute atomic E-state index is 0.371. The van der Waals surface area contributed by atoms with Gasteiger partial charge in [0.2, 0.25) is 0 Å². The van der Waals surface area contributed by atoms with Gasteiger partial charge in [-0.1, -0.05) is 6.92 Å². The lowest BCUT2D eigenvalue weighted by Crippen LogP contribution is -2.38. The Balaban J connectivity index is 2.80. The number of nitrogens with one attached hydrogen (secondary N) is 1. The number of carboxylic acid groups (broad SMARTS) is 1. The SMILES string of the molecule is CCc1nc(C)c(C(=O)NC(C)C(=O)O)s1. The third kappa shape index (κ3) is 2.79. The second-order valence-electron chi connectivity index (χ2n) is 3.41. The van der Waals surface area contributed by atoms with Crippen molar-refractivity contribution < 1.29 is 14.7 Å². The number of carbonyl (C=O) groups excluding carboxylic acids is 1. The number of rotatable bonds is 4. The van der Waals surface area contributed by atoms with Gasteiger partial charge in [0, 0.05) is 0 Å². The third-order valence-electron chi connectivity index (χ3n) is 2.07. The molecule has 1 amide bonds. The number of aryl methyl sites for hydroxylation is 2. The van der Waals surface area contributed by atoms with Gasteiger partial charge in [-0.2, -0.15) is 0 Å². The Labute approximate surface area is 97.5 Å². The molecule has 0 saturated carbocycles. The van der Waals surface area contributed by atoms with E-state index in [4.69, 9.17) is 5.11 Å². The highest BCUT2D eigenvalue weighted by molar-refractivity contribution is 7.13. The van der Waals surface area contributed by atoms with Crippen LogP contribution in [0, 0.1) is 6.92 Å². The van der Waals surface area contributed by atoms with Crippen LogP contribution in [0.5, 0.6) is 0 Å². The molecule has 6 heteroatoms. The first kappa shape index (κ1) is 12.6. The lowest BCUT2D eigenvalue weighted by molar-refractivity contribution is -0.138. The van der Waals surface area contributed by atoms with E-state index in [1.807, 2.05) is 6.92 Å². The molecular formula is C10H14N2O3S. The molecule has 0 aliphatic heterocycles. The predicted molar refractivity (Wildman–Crippen MR) is 60.8 cm³/mol. The summed E-state index contributed by atoms with van der Waals surface area (Å²) in [5, 5.41) is 12.0. The molecule has 1 heterocycles. The van der Waals surface area contributed by atoms with Gasteiger partial charge in [-0.05, 0) is 20.3 Å². The van der Waals surface area contributed by atoms with Crippen LogP contribution in [0.15, 0.2) is 0 Å². The van der Waals surface area contributed by atoms with Gasteiger partial charge in [-0.15, -0.1) is 11.3 Å². The quantitative estimate of drug-likeness (QED) is 0.832. The van der Waals surface area contributed by atoms with Crippen LogP contribution in [-0.2, 0) is 11.2 Å². The fourth-order valence-corrected chi connectivity index (χ4v) is 2.05. The number of carbonyl (C=O) groups is 2. The van der Waals surface area contributed by atoms with Crippen LogP contribution in [0.25, 0.3) is 0 Å². The second kappa shape index (κ2) is 5.07. The van der Waals surface area contributed by atoms with E-state index in [0.717, 1.165) is 11.4 Å². The fourth-order valence-electron chi connectivity index (χ4n) is 1.14. The molecule has 2 N–H and O–H groups in total. The summed E-state index contributed by atoms with van der Waals surface area (Å²) in [6, 6.07) is -0.890. The van der Waals surface area contributed by atoms with Crippen molar-refractivity contribution in [3.63, 3.8) is 0 Å². The Morgan fingerprint density at radius 3 is 2.62 bits per heavy atom. The first-order valence-corrected chi connectivity index (χ1v) is 5.77. The summed E-state index contributed by atoms with van der Waals surface area (Å²) in [5.41, 5.74) is 0.650. The molecule has 1 atom stereocenters. The van der Waals surface area contributed by atoms with Crippen molar-refractivity contribution in [1.82, 2.24) is 10.3 Å². The van der Waals surface area contributed by atoms with Gasteiger partial charge < -0.3 is 10.4 Å². The van der Waals surface area contributed by atoms with Crippen LogP contribution < -0.4 is 5.32 Å². The molecule has 1 aromatic rings. The molecule has 0 fully saturated rings. The Morgan fingerprint density at radius 1 is 1.56 bits per heavy atom. The molecule has 1 rings (SSSR count). The molecule has 0 radical (unpaired) electrons. The van der Waals surface area contributed by atoms with Gasteiger partial charge in [-0.25, -0.2) is 4.98 Å². The summed E-state index contributed by atoms with van der Waals surface area (Å²) in [4.78, 5) is 27.0. The van der Waals surface area contributed by atoms with Crippen LogP contribution >= 0.6 is 11.3 Å². The zero-order chi connectivity index (χ0) is 12.3.